The fraction of sp³-hybridized carbons (Fsp3) is 0.533. The van der Waals surface area contributed by atoms with Crippen LogP contribution in [0, 0.1) is 0 Å². The molecule has 102 valence electrons. The lowest BCUT2D eigenvalue weighted by Crippen LogP contribution is -2.50. The van der Waals surface area contributed by atoms with Crippen molar-refractivity contribution in [3.05, 3.63) is 35.9 Å². The molecule has 3 rings (SSSR count). The third-order valence-corrected chi connectivity index (χ3v) is 4.87. The van der Waals surface area contributed by atoms with Crippen LogP contribution in [0.4, 0.5) is 0 Å². The Morgan fingerprint density at radius 3 is 2.32 bits per heavy atom. The number of rotatable bonds is 3. The Morgan fingerprint density at radius 1 is 1.05 bits per heavy atom. The summed E-state index contributed by atoms with van der Waals surface area (Å²) in [6, 6.07) is 10.2. The van der Waals surface area contributed by atoms with Crippen molar-refractivity contribution < 1.29 is 4.79 Å². The minimum absolute atomic E-state index is 0.0672. The van der Waals surface area contributed by atoms with Gasteiger partial charge in [-0.2, -0.15) is 11.8 Å². The number of thioether (sulfide) groups is 1. The highest BCUT2D eigenvalue weighted by Gasteiger charge is 2.33. The highest BCUT2D eigenvalue weighted by atomic mass is 32.2. The Kier molecular flexibility index (Phi) is 4.09. The second-order valence-corrected chi connectivity index (χ2v) is 6.37. The van der Waals surface area contributed by atoms with Gasteiger partial charge in [0.05, 0.1) is 0 Å². The maximum Gasteiger partial charge on any atom is 0.244 e. The molecule has 1 amide bonds. The van der Waals surface area contributed by atoms with Gasteiger partial charge in [0.15, 0.2) is 0 Å². The highest BCUT2D eigenvalue weighted by molar-refractivity contribution is 7.99. The molecular weight excluding hydrogens is 256 g/mol. The quantitative estimate of drug-likeness (QED) is 0.844. The molecular formula is C15H20N2OS. The van der Waals surface area contributed by atoms with Gasteiger partial charge in [-0.05, 0) is 12.0 Å². The normalized spacial score (nSPS) is 21.8. The van der Waals surface area contributed by atoms with Crippen molar-refractivity contribution in [1.82, 2.24) is 9.80 Å². The van der Waals surface area contributed by atoms with Crippen LogP contribution < -0.4 is 0 Å². The van der Waals surface area contributed by atoms with E-state index in [0.717, 1.165) is 49.7 Å². The van der Waals surface area contributed by atoms with Crippen LogP contribution in [0.15, 0.2) is 30.3 Å². The minimum atomic E-state index is -0.0672. The topological polar surface area (TPSA) is 23.6 Å². The van der Waals surface area contributed by atoms with E-state index in [-0.39, 0.29) is 6.04 Å². The molecule has 2 saturated heterocycles. The molecule has 1 atom stereocenters. The maximum absolute atomic E-state index is 12.7. The van der Waals surface area contributed by atoms with Crippen LogP contribution in [-0.4, -0.2) is 53.4 Å². The number of amides is 1. The van der Waals surface area contributed by atoms with E-state index >= 15 is 0 Å². The molecule has 0 saturated carbocycles. The molecule has 0 spiro atoms. The van der Waals surface area contributed by atoms with Crippen LogP contribution >= 0.6 is 11.8 Å². The van der Waals surface area contributed by atoms with Crippen LogP contribution in [0.25, 0.3) is 0 Å². The number of carbonyl (C=O) groups excluding carboxylic acids is 1. The first-order valence-corrected chi connectivity index (χ1v) is 8.17. The van der Waals surface area contributed by atoms with Crippen molar-refractivity contribution in [3.63, 3.8) is 0 Å². The van der Waals surface area contributed by atoms with Gasteiger partial charge in [-0.15, -0.1) is 0 Å². The first kappa shape index (κ1) is 13.0. The lowest BCUT2D eigenvalue weighted by atomic mass is 10.0. The van der Waals surface area contributed by atoms with Crippen LogP contribution in [0.2, 0.25) is 0 Å². The third-order valence-electron chi connectivity index (χ3n) is 3.93. The summed E-state index contributed by atoms with van der Waals surface area (Å²) in [7, 11) is 0. The van der Waals surface area contributed by atoms with E-state index in [0.29, 0.717) is 5.91 Å². The van der Waals surface area contributed by atoms with Crippen molar-refractivity contribution in [2.75, 3.05) is 37.7 Å². The molecule has 2 aliphatic heterocycles. The van der Waals surface area contributed by atoms with E-state index in [9.17, 15) is 4.79 Å². The summed E-state index contributed by atoms with van der Waals surface area (Å²) in [5.74, 6) is 2.57. The van der Waals surface area contributed by atoms with Gasteiger partial charge in [-0.1, -0.05) is 30.3 Å². The van der Waals surface area contributed by atoms with E-state index in [1.165, 1.54) is 0 Å². The first-order chi connectivity index (χ1) is 9.36. The second-order valence-electron chi connectivity index (χ2n) is 5.14. The summed E-state index contributed by atoms with van der Waals surface area (Å²) in [5.41, 5.74) is 1.14. The summed E-state index contributed by atoms with van der Waals surface area (Å²) < 4.78 is 0. The molecule has 0 unspecified atom stereocenters. The molecule has 1 aromatic rings. The average Bonchev–Trinajstić information content (AvgIpc) is 2.39. The monoisotopic (exact) mass is 276 g/mol. The standard InChI is InChI=1S/C15H20N2OS/c18-15(17-7-4-8-17)14(13-5-2-1-3-6-13)16-9-11-19-12-10-16/h1-3,5-6,14H,4,7-12H2/t14-/m0/s1. The van der Waals surface area contributed by atoms with Crippen molar-refractivity contribution in [2.45, 2.75) is 12.5 Å². The number of likely N-dealkylation sites (tertiary alicyclic amines) is 1. The maximum atomic E-state index is 12.7. The molecule has 2 aliphatic rings. The minimum Gasteiger partial charge on any atom is -0.341 e. The summed E-state index contributed by atoms with van der Waals surface area (Å²) in [6.45, 7) is 3.91. The second kappa shape index (κ2) is 5.97. The fourth-order valence-corrected chi connectivity index (χ4v) is 3.62. The zero-order chi connectivity index (χ0) is 13.1. The summed E-state index contributed by atoms with van der Waals surface area (Å²) in [4.78, 5) is 17.1. The van der Waals surface area contributed by atoms with E-state index in [1.54, 1.807) is 0 Å². The van der Waals surface area contributed by atoms with Gasteiger partial charge < -0.3 is 4.90 Å². The third kappa shape index (κ3) is 2.79. The molecule has 0 N–H and O–H groups in total. The first-order valence-electron chi connectivity index (χ1n) is 7.02. The molecule has 0 bridgehead atoms. The molecule has 0 aliphatic carbocycles. The summed E-state index contributed by atoms with van der Waals surface area (Å²) in [5, 5.41) is 0. The lowest BCUT2D eigenvalue weighted by molar-refractivity contribution is -0.140. The van der Waals surface area contributed by atoms with Gasteiger partial charge in [0.2, 0.25) is 5.91 Å². The smallest absolute Gasteiger partial charge is 0.244 e. The molecule has 0 aromatic heterocycles. The van der Waals surface area contributed by atoms with Crippen LogP contribution in [0.5, 0.6) is 0 Å². The Morgan fingerprint density at radius 2 is 1.74 bits per heavy atom. The van der Waals surface area contributed by atoms with Gasteiger partial charge in [0.25, 0.3) is 0 Å². The van der Waals surface area contributed by atoms with Gasteiger partial charge in [-0.3, -0.25) is 9.69 Å². The number of carbonyl (C=O) groups is 1. The van der Waals surface area contributed by atoms with Gasteiger partial charge >= 0.3 is 0 Å². The molecule has 0 radical (unpaired) electrons. The molecule has 1 aromatic carbocycles. The number of hydrogen-bond acceptors (Lipinski definition) is 3. The predicted octanol–water partition coefficient (Wildman–Crippen LogP) is 2.01. The largest absolute Gasteiger partial charge is 0.341 e. The lowest BCUT2D eigenvalue weighted by Gasteiger charge is -2.39. The Balaban J connectivity index is 1.83. The Labute approximate surface area is 119 Å². The molecule has 3 nitrogen and oxygen atoms in total. The Bertz CT molecular complexity index is 427. The Hall–Kier alpha value is -1.00. The zero-order valence-electron chi connectivity index (χ0n) is 11.1. The van der Waals surface area contributed by atoms with E-state index < -0.39 is 0 Å². The predicted molar refractivity (Wildman–Crippen MR) is 79.3 cm³/mol. The van der Waals surface area contributed by atoms with Gasteiger partial charge in [-0.25, -0.2) is 0 Å². The van der Waals surface area contributed by atoms with Crippen molar-refractivity contribution >= 4 is 17.7 Å². The van der Waals surface area contributed by atoms with Crippen molar-refractivity contribution in [3.8, 4) is 0 Å². The van der Waals surface area contributed by atoms with E-state index in [1.807, 2.05) is 34.9 Å². The molecule has 19 heavy (non-hydrogen) atoms. The van der Waals surface area contributed by atoms with Gasteiger partial charge in [0, 0.05) is 37.7 Å². The molecule has 2 heterocycles. The van der Waals surface area contributed by atoms with Crippen LogP contribution in [-0.2, 0) is 4.79 Å². The summed E-state index contributed by atoms with van der Waals surface area (Å²) in [6.07, 6.45) is 1.16. The number of hydrogen-bond donors (Lipinski definition) is 0. The number of nitrogens with zero attached hydrogens (tertiary/aromatic N) is 2. The van der Waals surface area contributed by atoms with E-state index in [4.69, 9.17) is 0 Å². The summed E-state index contributed by atoms with van der Waals surface area (Å²) >= 11 is 1.98. The number of benzene rings is 1. The van der Waals surface area contributed by atoms with Crippen LogP contribution in [0.3, 0.4) is 0 Å². The molecule has 4 heteroatoms. The van der Waals surface area contributed by atoms with Gasteiger partial charge in [0.1, 0.15) is 6.04 Å². The fourth-order valence-electron chi connectivity index (χ4n) is 2.69. The van der Waals surface area contributed by atoms with Crippen molar-refractivity contribution in [2.24, 2.45) is 0 Å². The highest BCUT2D eigenvalue weighted by Crippen LogP contribution is 2.27. The van der Waals surface area contributed by atoms with Crippen LogP contribution in [0.1, 0.15) is 18.0 Å². The van der Waals surface area contributed by atoms with Crippen molar-refractivity contribution in [1.29, 1.82) is 0 Å². The SMILES string of the molecule is O=C([C@H](c1ccccc1)N1CCSCC1)N1CCC1. The molecule has 2 fully saturated rings. The van der Waals surface area contributed by atoms with E-state index in [2.05, 4.69) is 17.0 Å². The zero-order valence-corrected chi connectivity index (χ0v) is 11.9. The average molecular weight is 276 g/mol.